The maximum atomic E-state index is 12.4. The van der Waals surface area contributed by atoms with E-state index in [9.17, 15) is 4.79 Å². The second-order valence-corrected chi connectivity index (χ2v) is 8.88. The summed E-state index contributed by atoms with van der Waals surface area (Å²) < 4.78 is 0. The molecule has 1 N–H and O–H groups in total. The van der Waals surface area contributed by atoms with Crippen LogP contribution >= 0.6 is 0 Å². The Morgan fingerprint density at radius 3 is 2.68 bits per heavy atom. The molecule has 3 rings (SSSR count). The fourth-order valence-corrected chi connectivity index (χ4v) is 4.85. The van der Waals surface area contributed by atoms with Crippen molar-refractivity contribution in [3.05, 3.63) is 35.4 Å². The number of hydrogen-bond donors (Lipinski definition) is 1. The molecule has 2 saturated heterocycles. The highest BCUT2D eigenvalue weighted by Crippen LogP contribution is 2.20. The van der Waals surface area contributed by atoms with Crippen molar-refractivity contribution in [2.24, 2.45) is 5.92 Å². The maximum Gasteiger partial charge on any atom is 0.251 e. The van der Waals surface area contributed by atoms with Gasteiger partial charge in [0, 0.05) is 37.8 Å². The molecule has 0 unspecified atom stereocenters. The van der Waals surface area contributed by atoms with Gasteiger partial charge in [0.1, 0.15) is 0 Å². The summed E-state index contributed by atoms with van der Waals surface area (Å²) in [6, 6.07) is 8.95. The van der Waals surface area contributed by atoms with Gasteiger partial charge in [-0.2, -0.15) is 0 Å². The minimum atomic E-state index is 0.0591. The summed E-state index contributed by atoms with van der Waals surface area (Å²) in [6.07, 6.45) is 8.97. The number of rotatable bonds is 8. The first-order valence-electron chi connectivity index (χ1n) is 11.5. The highest BCUT2D eigenvalue weighted by Gasteiger charge is 2.20. The van der Waals surface area contributed by atoms with Crippen molar-refractivity contribution in [2.45, 2.75) is 71.4 Å². The molecular weight excluding hydrogens is 346 g/mol. The number of piperidine rings is 2. The van der Waals surface area contributed by atoms with E-state index in [1.54, 1.807) is 0 Å². The van der Waals surface area contributed by atoms with Crippen LogP contribution in [-0.4, -0.2) is 54.5 Å². The summed E-state index contributed by atoms with van der Waals surface area (Å²) >= 11 is 0. The number of carbonyl (C=O) groups is 1. The van der Waals surface area contributed by atoms with E-state index in [0.717, 1.165) is 43.6 Å². The molecule has 2 aliphatic heterocycles. The first kappa shape index (κ1) is 21.3. The molecule has 28 heavy (non-hydrogen) atoms. The number of likely N-dealkylation sites (tertiary alicyclic amines) is 2. The first-order chi connectivity index (χ1) is 13.7. The highest BCUT2D eigenvalue weighted by molar-refractivity contribution is 5.94. The van der Waals surface area contributed by atoms with E-state index < -0.39 is 0 Å². The molecule has 2 aliphatic rings. The van der Waals surface area contributed by atoms with E-state index in [0.29, 0.717) is 0 Å². The van der Waals surface area contributed by atoms with Gasteiger partial charge in [-0.1, -0.05) is 32.4 Å². The molecule has 4 heteroatoms. The topological polar surface area (TPSA) is 35.6 Å². The van der Waals surface area contributed by atoms with Crippen molar-refractivity contribution >= 4 is 5.91 Å². The van der Waals surface area contributed by atoms with Crippen molar-refractivity contribution in [2.75, 3.05) is 32.7 Å². The predicted octanol–water partition coefficient (Wildman–Crippen LogP) is 4.30. The second-order valence-electron chi connectivity index (χ2n) is 8.88. The summed E-state index contributed by atoms with van der Waals surface area (Å²) in [4.78, 5) is 17.6. The van der Waals surface area contributed by atoms with Gasteiger partial charge in [-0.05, 0) is 75.2 Å². The third kappa shape index (κ3) is 6.31. The lowest BCUT2D eigenvalue weighted by Crippen LogP contribution is -2.40. The number of hydrogen-bond acceptors (Lipinski definition) is 3. The Hall–Kier alpha value is -1.39. The van der Waals surface area contributed by atoms with Crippen molar-refractivity contribution < 1.29 is 4.79 Å². The van der Waals surface area contributed by atoms with Crippen LogP contribution in [0, 0.1) is 5.92 Å². The smallest absolute Gasteiger partial charge is 0.251 e. The van der Waals surface area contributed by atoms with Crippen LogP contribution in [0.25, 0.3) is 0 Å². The molecule has 0 saturated carbocycles. The molecule has 0 radical (unpaired) electrons. The third-order valence-electron chi connectivity index (χ3n) is 6.49. The number of amides is 1. The number of nitrogens with one attached hydrogen (secondary N) is 1. The molecule has 2 heterocycles. The van der Waals surface area contributed by atoms with E-state index in [-0.39, 0.29) is 5.91 Å². The molecule has 0 aromatic heterocycles. The van der Waals surface area contributed by atoms with Crippen LogP contribution in [-0.2, 0) is 6.54 Å². The van der Waals surface area contributed by atoms with Crippen LogP contribution in [0.1, 0.15) is 74.7 Å². The Balaban J connectivity index is 1.38. The van der Waals surface area contributed by atoms with Gasteiger partial charge >= 0.3 is 0 Å². The van der Waals surface area contributed by atoms with Gasteiger partial charge in [0.15, 0.2) is 0 Å². The fourth-order valence-electron chi connectivity index (χ4n) is 4.85. The summed E-state index contributed by atoms with van der Waals surface area (Å²) in [5, 5.41) is 3.10. The largest absolute Gasteiger partial charge is 0.352 e. The normalized spacial score (nSPS) is 24.2. The van der Waals surface area contributed by atoms with Crippen LogP contribution in [0.15, 0.2) is 24.3 Å². The van der Waals surface area contributed by atoms with Crippen LogP contribution in [0.3, 0.4) is 0 Å². The molecule has 0 bridgehead atoms. The zero-order valence-electron chi connectivity index (χ0n) is 18.0. The van der Waals surface area contributed by atoms with Crippen molar-refractivity contribution in [3.63, 3.8) is 0 Å². The Labute approximate surface area is 171 Å². The molecule has 2 fully saturated rings. The lowest BCUT2D eigenvalue weighted by Gasteiger charge is -2.35. The zero-order valence-corrected chi connectivity index (χ0v) is 18.0. The van der Waals surface area contributed by atoms with Crippen molar-refractivity contribution in [1.82, 2.24) is 15.1 Å². The quantitative estimate of drug-likeness (QED) is 0.678. The average molecular weight is 386 g/mol. The van der Waals surface area contributed by atoms with Gasteiger partial charge in [0.05, 0.1) is 0 Å². The van der Waals surface area contributed by atoms with Crippen LogP contribution < -0.4 is 5.32 Å². The molecule has 156 valence electrons. The molecular formula is C24H39N3O. The predicted molar refractivity (Wildman–Crippen MR) is 117 cm³/mol. The maximum absolute atomic E-state index is 12.4. The van der Waals surface area contributed by atoms with Crippen LogP contribution in [0.2, 0.25) is 0 Å². The molecule has 1 aromatic carbocycles. The van der Waals surface area contributed by atoms with E-state index in [4.69, 9.17) is 0 Å². The lowest BCUT2D eigenvalue weighted by molar-refractivity contribution is 0.0947. The van der Waals surface area contributed by atoms with E-state index >= 15 is 0 Å². The number of benzene rings is 1. The Morgan fingerprint density at radius 2 is 1.93 bits per heavy atom. The van der Waals surface area contributed by atoms with Crippen LogP contribution in [0.5, 0.6) is 0 Å². The Bertz CT molecular complexity index is 600. The molecule has 1 amide bonds. The van der Waals surface area contributed by atoms with Gasteiger partial charge in [0.2, 0.25) is 0 Å². The van der Waals surface area contributed by atoms with Gasteiger partial charge in [-0.25, -0.2) is 0 Å². The SMILES string of the molecule is CC[C@@H]1CCCCN1CCCNC(=O)c1ccc(CN2CCC[C@H](C)C2)cc1. The Morgan fingerprint density at radius 1 is 1.11 bits per heavy atom. The molecule has 0 spiro atoms. The summed E-state index contributed by atoms with van der Waals surface area (Å²) in [7, 11) is 0. The number of carbonyl (C=O) groups excluding carboxylic acids is 1. The monoisotopic (exact) mass is 385 g/mol. The summed E-state index contributed by atoms with van der Waals surface area (Å²) in [6.45, 7) is 11.1. The summed E-state index contributed by atoms with van der Waals surface area (Å²) in [5.74, 6) is 0.861. The minimum Gasteiger partial charge on any atom is -0.352 e. The molecule has 2 atom stereocenters. The van der Waals surface area contributed by atoms with Crippen molar-refractivity contribution in [1.29, 1.82) is 0 Å². The van der Waals surface area contributed by atoms with E-state index in [1.807, 2.05) is 12.1 Å². The van der Waals surface area contributed by atoms with Gasteiger partial charge in [-0.3, -0.25) is 9.69 Å². The first-order valence-corrected chi connectivity index (χ1v) is 11.5. The molecule has 0 aliphatic carbocycles. The minimum absolute atomic E-state index is 0.0591. The standard InChI is InChI=1S/C24H39N3O/c1-3-23-9-4-5-16-27(23)17-7-14-25-24(28)22-12-10-21(11-13-22)19-26-15-6-8-20(2)18-26/h10-13,20,23H,3-9,14-19H2,1-2H3,(H,25,28)/t20-,23+/m0/s1. The van der Waals surface area contributed by atoms with Crippen LogP contribution in [0.4, 0.5) is 0 Å². The fraction of sp³-hybridized carbons (Fsp3) is 0.708. The van der Waals surface area contributed by atoms with Gasteiger partial charge in [-0.15, -0.1) is 0 Å². The molecule has 4 nitrogen and oxygen atoms in total. The average Bonchev–Trinajstić information content (AvgIpc) is 2.72. The lowest BCUT2D eigenvalue weighted by atomic mass is 9.99. The van der Waals surface area contributed by atoms with Crippen molar-refractivity contribution in [3.8, 4) is 0 Å². The van der Waals surface area contributed by atoms with Gasteiger partial charge in [0.25, 0.3) is 5.91 Å². The highest BCUT2D eigenvalue weighted by atomic mass is 16.1. The second kappa shape index (κ2) is 11.0. The third-order valence-corrected chi connectivity index (χ3v) is 6.49. The van der Waals surface area contributed by atoms with E-state index in [2.05, 4.69) is 41.1 Å². The zero-order chi connectivity index (χ0) is 19.8. The summed E-state index contributed by atoms with van der Waals surface area (Å²) in [5.41, 5.74) is 2.08. The van der Waals surface area contributed by atoms with E-state index in [1.165, 1.54) is 63.7 Å². The number of nitrogens with zero attached hydrogens (tertiary/aromatic N) is 2. The molecule has 1 aromatic rings. The van der Waals surface area contributed by atoms with Gasteiger partial charge < -0.3 is 10.2 Å². The Kier molecular flexibility index (Phi) is 8.35.